The Morgan fingerprint density at radius 3 is 1.04 bits per heavy atom. The Bertz CT molecular complexity index is 666. The van der Waals surface area contributed by atoms with E-state index in [4.69, 9.17) is 4.74 Å². The number of aromatic nitrogens is 8. The van der Waals surface area contributed by atoms with Gasteiger partial charge in [-0.3, -0.25) is 4.74 Å². The molecule has 4 aromatic rings. The highest BCUT2D eigenvalue weighted by Gasteiger charge is 2.23. The maximum absolute atomic E-state index is 6.23. The third-order valence-electron chi connectivity index (χ3n) is 3.25. The second-order valence-corrected chi connectivity index (χ2v) is 4.73. The van der Waals surface area contributed by atoms with Crippen LogP contribution in [0, 0.1) is 0 Å². The predicted octanol–water partition coefficient (Wildman–Crippen LogP) is 1.20. The average Bonchev–Trinajstić information content (AvgIpc) is 3.35. The molecule has 0 fully saturated rings. The lowest BCUT2D eigenvalue weighted by Gasteiger charge is -2.25. The quantitative estimate of drug-likeness (QED) is 0.534. The van der Waals surface area contributed by atoms with E-state index in [1.807, 2.05) is 49.1 Å². The SMILES string of the molecule is c1cnn(C(OC(n2cccn2)n2cccn2)n2cccn2)c1. The Morgan fingerprint density at radius 1 is 0.522 bits per heavy atom. The normalized spacial score (nSPS) is 11.6. The number of nitrogens with zero attached hydrogens (tertiary/aromatic N) is 8. The largest absolute Gasteiger partial charge is 0.291 e. The molecule has 116 valence electrons. The molecule has 4 aromatic heterocycles. The van der Waals surface area contributed by atoms with E-state index in [9.17, 15) is 0 Å². The van der Waals surface area contributed by atoms with Crippen LogP contribution in [0.15, 0.2) is 73.8 Å². The first-order valence-electron chi connectivity index (χ1n) is 7.04. The molecule has 0 aromatic carbocycles. The van der Waals surface area contributed by atoms with Crippen molar-refractivity contribution >= 4 is 0 Å². The molecule has 0 aliphatic carbocycles. The van der Waals surface area contributed by atoms with Crippen molar-refractivity contribution in [2.24, 2.45) is 0 Å². The molecule has 4 heterocycles. The van der Waals surface area contributed by atoms with Gasteiger partial charge in [-0.15, -0.1) is 0 Å². The average molecular weight is 310 g/mol. The third kappa shape index (κ3) is 2.64. The van der Waals surface area contributed by atoms with Gasteiger partial charge in [0.2, 0.25) is 0 Å². The van der Waals surface area contributed by atoms with Gasteiger partial charge in [0.25, 0.3) is 12.7 Å². The first-order chi connectivity index (χ1) is 11.4. The summed E-state index contributed by atoms with van der Waals surface area (Å²) in [6.07, 6.45) is 12.9. The molecule has 0 atom stereocenters. The van der Waals surface area contributed by atoms with Crippen LogP contribution in [0.4, 0.5) is 0 Å². The van der Waals surface area contributed by atoms with E-state index >= 15 is 0 Å². The Morgan fingerprint density at radius 2 is 0.826 bits per heavy atom. The second-order valence-electron chi connectivity index (χ2n) is 4.73. The summed E-state index contributed by atoms with van der Waals surface area (Å²) < 4.78 is 12.9. The molecule has 9 nitrogen and oxygen atoms in total. The number of ether oxygens (including phenoxy) is 1. The first kappa shape index (κ1) is 13.5. The highest BCUT2D eigenvalue weighted by molar-refractivity contribution is 4.86. The molecule has 0 radical (unpaired) electrons. The van der Waals surface area contributed by atoms with Gasteiger partial charge in [0.15, 0.2) is 0 Å². The molecule has 0 N–H and O–H groups in total. The van der Waals surface area contributed by atoms with Gasteiger partial charge in [-0.1, -0.05) is 0 Å². The Kier molecular flexibility index (Phi) is 3.45. The lowest BCUT2D eigenvalue weighted by atomic mass is 10.7. The van der Waals surface area contributed by atoms with Crippen LogP contribution in [-0.2, 0) is 4.74 Å². The van der Waals surface area contributed by atoms with Crippen LogP contribution >= 0.6 is 0 Å². The van der Waals surface area contributed by atoms with Gasteiger partial charge in [0.05, 0.1) is 0 Å². The summed E-state index contributed by atoms with van der Waals surface area (Å²) in [6.45, 7) is 0. The summed E-state index contributed by atoms with van der Waals surface area (Å²) in [7, 11) is 0. The number of hydrogen-bond acceptors (Lipinski definition) is 5. The van der Waals surface area contributed by atoms with Crippen molar-refractivity contribution < 1.29 is 4.74 Å². The molecule has 4 rings (SSSR count). The standard InChI is InChI=1S/C14H14N8O/c1-5-15-19(9-1)13(20-10-2-6-16-20)23-14(21-11-3-7-17-21)22-12-4-8-18-22/h1-14H. The first-order valence-corrected chi connectivity index (χ1v) is 7.04. The molecule has 0 spiro atoms. The van der Waals surface area contributed by atoms with Gasteiger partial charge < -0.3 is 0 Å². The summed E-state index contributed by atoms with van der Waals surface area (Å²) in [6, 6.07) is 7.32. The lowest BCUT2D eigenvalue weighted by Crippen LogP contribution is -2.30. The van der Waals surface area contributed by atoms with Gasteiger partial charge in [-0.05, 0) is 24.3 Å². The number of hydrogen-bond donors (Lipinski definition) is 0. The number of rotatable bonds is 6. The van der Waals surface area contributed by atoms with E-state index in [2.05, 4.69) is 20.4 Å². The summed E-state index contributed by atoms with van der Waals surface area (Å²) in [5, 5.41) is 17.0. The van der Waals surface area contributed by atoms with Crippen LogP contribution in [0.1, 0.15) is 12.7 Å². The van der Waals surface area contributed by atoms with Crippen LogP contribution in [-0.4, -0.2) is 39.1 Å². The monoisotopic (exact) mass is 310 g/mol. The summed E-state index contributed by atoms with van der Waals surface area (Å²) >= 11 is 0. The van der Waals surface area contributed by atoms with E-state index < -0.39 is 12.7 Å². The van der Waals surface area contributed by atoms with E-state index in [0.29, 0.717) is 0 Å². The minimum Gasteiger partial charge on any atom is -0.291 e. The van der Waals surface area contributed by atoms with Crippen LogP contribution in [0.2, 0.25) is 0 Å². The van der Waals surface area contributed by atoms with Crippen LogP contribution in [0.25, 0.3) is 0 Å². The van der Waals surface area contributed by atoms with Crippen LogP contribution in [0.5, 0.6) is 0 Å². The smallest absolute Gasteiger partial charge is 0.251 e. The minimum absolute atomic E-state index is 0.571. The molecule has 0 saturated carbocycles. The second kappa shape index (κ2) is 5.89. The molecule has 23 heavy (non-hydrogen) atoms. The third-order valence-corrected chi connectivity index (χ3v) is 3.25. The van der Waals surface area contributed by atoms with E-state index in [-0.39, 0.29) is 0 Å². The van der Waals surface area contributed by atoms with Gasteiger partial charge in [0.1, 0.15) is 0 Å². The van der Waals surface area contributed by atoms with Crippen molar-refractivity contribution in [2.45, 2.75) is 12.7 Å². The van der Waals surface area contributed by atoms with Gasteiger partial charge in [-0.25, -0.2) is 18.7 Å². The topological polar surface area (TPSA) is 80.5 Å². The van der Waals surface area contributed by atoms with Crippen molar-refractivity contribution in [3.8, 4) is 0 Å². The molecular weight excluding hydrogens is 296 g/mol. The zero-order valence-electron chi connectivity index (χ0n) is 12.1. The summed E-state index contributed by atoms with van der Waals surface area (Å²) in [5.74, 6) is 0. The van der Waals surface area contributed by atoms with Gasteiger partial charge in [-0.2, -0.15) is 20.4 Å². The van der Waals surface area contributed by atoms with Crippen LogP contribution in [0.3, 0.4) is 0 Å². The fourth-order valence-electron chi connectivity index (χ4n) is 2.25. The van der Waals surface area contributed by atoms with Crippen molar-refractivity contribution in [2.75, 3.05) is 0 Å². The minimum atomic E-state index is -0.571. The maximum atomic E-state index is 6.23. The fourth-order valence-corrected chi connectivity index (χ4v) is 2.25. The zero-order chi connectivity index (χ0) is 15.5. The molecule has 0 amide bonds. The molecule has 0 bridgehead atoms. The molecule has 0 aliphatic rings. The maximum Gasteiger partial charge on any atom is 0.251 e. The van der Waals surface area contributed by atoms with E-state index in [1.54, 1.807) is 43.5 Å². The van der Waals surface area contributed by atoms with E-state index in [1.165, 1.54) is 0 Å². The fraction of sp³-hybridized carbons (Fsp3) is 0.143. The van der Waals surface area contributed by atoms with Crippen LogP contribution < -0.4 is 0 Å². The van der Waals surface area contributed by atoms with Crippen molar-refractivity contribution in [3.05, 3.63) is 73.8 Å². The Hall–Kier alpha value is -3.20. The lowest BCUT2D eigenvalue weighted by molar-refractivity contribution is -0.139. The van der Waals surface area contributed by atoms with Gasteiger partial charge >= 0.3 is 0 Å². The van der Waals surface area contributed by atoms with Crippen molar-refractivity contribution in [3.63, 3.8) is 0 Å². The molecule has 0 aliphatic heterocycles. The van der Waals surface area contributed by atoms with E-state index in [0.717, 1.165) is 0 Å². The highest BCUT2D eigenvalue weighted by atomic mass is 16.6. The summed E-state index contributed by atoms with van der Waals surface area (Å²) in [5.41, 5.74) is 0. The predicted molar refractivity (Wildman–Crippen MR) is 78.9 cm³/mol. The Balaban J connectivity index is 1.71. The summed E-state index contributed by atoms with van der Waals surface area (Å²) in [4.78, 5) is 0. The highest BCUT2D eigenvalue weighted by Crippen LogP contribution is 2.19. The molecular formula is C14H14N8O. The molecule has 9 heteroatoms. The van der Waals surface area contributed by atoms with Crippen molar-refractivity contribution in [1.29, 1.82) is 0 Å². The Labute approximate surface area is 131 Å². The van der Waals surface area contributed by atoms with Crippen molar-refractivity contribution in [1.82, 2.24) is 39.1 Å². The van der Waals surface area contributed by atoms with Gasteiger partial charge in [0, 0.05) is 49.6 Å². The molecule has 0 saturated heterocycles. The molecule has 0 unspecified atom stereocenters. The zero-order valence-corrected chi connectivity index (χ0v) is 12.1.